The average molecular weight is 823 g/mol. The quantitative estimate of drug-likeness (QED) is 0.0897. The molecule has 3 N–H and O–H groups in total. The number of carbonyl (C=O) groups excluding carboxylic acids is 2. The van der Waals surface area contributed by atoms with Crippen molar-refractivity contribution < 1.29 is 34.0 Å². The maximum atomic E-state index is 14.8. The van der Waals surface area contributed by atoms with Gasteiger partial charge < -0.3 is 34.6 Å². The number of ether oxygens (including phenoxy) is 3. The van der Waals surface area contributed by atoms with Gasteiger partial charge in [-0.2, -0.15) is 0 Å². The van der Waals surface area contributed by atoms with Crippen molar-refractivity contribution in [3.8, 4) is 28.4 Å². The van der Waals surface area contributed by atoms with E-state index in [1.807, 2.05) is 72.8 Å². The Kier molecular flexibility index (Phi) is 13.3. The second kappa shape index (κ2) is 18.8. The van der Waals surface area contributed by atoms with Crippen LogP contribution in [0.3, 0.4) is 0 Å². The van der Waals surface area contributed by atoms with Gasteiger partial charge in [0.25, 0.3) is 0 Å². The number of fused-ring (bicyclic) bond motifs is 8. The Bertz CT molecular complexity index is 2340. The van der Waals surface area contributed by atoms with Crippen LogP contribution in [0.15, 0.2) is 127 Å². The Labute approximate surface area is 360 Å². The third kappa shape index (κ3) is 9.54. The number of anilines is 1. The number of hydrogen-bond acceptors (Lipinski definition) is 7. The van der Waals surface area contributed by atoms with Gasteiger partial charge in [-0.05, 0) is 123 Å². The van der Waals surface area contributed by atoms with Gasteiger partial charge in [-0.3, -0.25) is 4.79 Å². The fourth-order valence-corrected chi connectivity index (χ4v) is 9.38. The van der Waals surface area contributed by atoms with E-state index in [0.717, 1.165) is 34.2 Å². The number of allylic oxidation sites excluding steroid dienone is 2. The van der Waals surface area contributed by atoms with Gasteiger partial charge >= 0.3 is 6.03 Å². The topological polar surface area (TPSA) is 118 Å². The highest BCUT2D eigenvalue weighted by Crippen LogP contribution is 2.59. The van der Waals surface area contributed by atoms with Crippen molar-refractivity contribution in [2.45, 2.75) is 83.0 Å². The smallest absolute Gasteiger partial charge is 0.322 e. The van der Waals surface area contributed by atoms with Crippen molar-refractivity contribution in [1.82, 2.24) is 4.90 Å². The minimum atomic E-state index is -1.36. The molecule has 9 nitrogen and oxygen atoms in total. The first-order valence-electron chi connectivity index (χ1n) is 21.2. The number of hydrogen-bond donors (Lipinski definition) is 3. The summed E-state index contributed by atoms with van der Waals surface area (Å²) in [6, 6.07) is 36.1. The fourth-order valence-electron chi connectivity index (χ4n) is 9.38. The van der Waals surface area contributed by atoms with Crippen molar-refractivity contribution >= 4 is 17.5 Å². The number of aliphatic hydroxyl groups excluding tert-OH is 1. The maximum absolute atomic E-state index is 14.8. The van der Waals surface area contributed by atoms with Crippen LogP contribution in [0.4, 0.5) is 10.5 Å². The molecule has 8 rings (SSSR count). The predicted molar refractivity (Wildman–Crippen MR) is 241 cm³/mol. The number of carbonyl (C=O) groups is 2. The Morgan fingerprint density at radius 2 is 1.51 bits per heavy atom. The molecule has 0 unspecified atom stereocenters. The summed E-state index contributed by atoms with van der Waals surface area (Å²) in [5.41, 5.74) is 5.41. The van der Waals surface area contributed by atoms with Crippen LogP contribution in [0.5, 0.6) is 17.2 Å². The van der Waals surface area contributed by atoms with Crippen molar-refractivity contribution in [1.29, 1.82) is 0 Å². The largest absolute Gasteiger partial charge is 0.497 e. The lowest BCUT2D eigenvalue weighted by Gasteiger charge is -2.46. The average Bonchev–Trinajstić information content (AvgIpc) is 3.53. The van der Waals surface area contributed by atoms with E-state index in [-0.39, 0.29) is 30.8 Å². The lowest BCUT2D eigenvalue weighted by molar-refractivity contribution is -0.0773. The SMILES string of the molecule is COc1ccc(NC(=O)N(Cc2ccc(OC)cc2OC)C[C@]2(O)CC[C@H]3c4ccc(cc4C(=O)c4ccc(-c5ccccc5)cc4)C[C@@H](O)CCC(C)=CCC[C@@]32C)cc1. The molecular formula is C52H58N2O7. The predicted octanol–water partition coefficient (Wildman–Crippen LogP) is 10.4. The van der Waals surface area contributed by atoms with E-state index in [0.29, 0.717) is 72.6 Å². The zero-order valence-electron chi connectivity index (χ0n) is 35.9. The molecule has 61 heavy (non-hydrogen) atoms. The van der Waals surface area contributed by atoms with Gasteiger partial charge in [-0.1, -0.05) is 85.3 Å². The van der Waals surface area contributed by atoms with Gasteiger partial charge in [0.1, 0.15) is 17.2 Å². The summed E-state index contributed by atoms with van der Waals surface area (Å²) >= 11 is 0. The van der Waals surface area contributed by atoms with Crippen LogP contribution >= 0.6 is 0 Å². The number of urea groups is 1. The summed E-state index contributed by atoms with van der Waals surface area (Å²) in [6.07, 6.45) is 5.74. The molecule has 1 saturated carbocycles. The molecule has 3 aliphatic carbocycles. The molecule has 2 amide bonds. The van der Waals surface area contributed by atoms with Gasteiger partial charge in [0.15, 0.2) is 5.78 Å². The zero-order chi connectivity index (χ0) is 43.1. The van der Waals surface area contributed by atoms with Crippen molar-refractivity contribution in [2.75, 3.05) is 33.2 Å². The maximum Gasteiger partial charge on any atom is 0.322 e. The number of benzene rings is 5. The minimum absolute atomic E-state index is 0.0222. The van der Waals surface area contributed by atoms with Gasteiger partial charge in [0.05, 0.1) is 46.1 Å². The van der Waals surface area contributed by atoms with E-state index < -0.39 is 17.1 Å². The van der Waals surface area contributed by atoms with E-state index in [9.17, 15) is 19.8 Å². The summed E-state index contributed by atoms with van der Waals surface area (Å²) in [6.45, 7) is 4.40. The summed E-state index contributed by atoms with van der Waals surface area (Å²) < 4.78 is 16.6. The van der Waals surface area contributed by atoms with Gasteiger partial charge in [-0.25, -0.2) is 4.79 Å². The molecule has 0 heterocycles. The third-order valence-corrected chi connectivity index (χ3v) is 13.1. The minimum Gasteiger partial charge on any atom is -0.497 e. The van der Waals surface area contributed by atoms with Gasteiger partial charge in [0, 0.05) is 33.9 Å². The molecule has 2 bridgehead atoms. The molecule has 318 valence electrons. The molecule has 0 saturated heterocycles. The Morgan fingerprint density at radius 3 is 2.21 bits per heavy atom. The number of ketones is 1. The number of aliphatic hydroxyl groups is 2. The Morgan fingerprint density at radius 1 is 0.803 bits per heavy atom. The summed E-state index contributed by atoms with van der Waals surface area (Å²) in [5.74, 6) is 1.53. The lowest BCUT2D eigenvalue weighted by Crippen LogP contribution is -2.54. The number of methoxy groups -OCH3 is 3. The molecule has 4 atom stereocenters. The van der Waals surface area contributed by atoms with Crippen LogP contribution in [-0.2, 0) is 13.0 Å². The van der Waals surface area contributed by atoms with Crippen LogP contribution < -0.4 is 19.5 Å². The summed E-state index contributed by atoms with van der Waals surface area (Å²) in [7, 11) is 4.77. The van der Waals surface area contributed by atoms with Gasteiger partial charge in [0.2, 0.25) is 0 Å². The molecule has 0 spiro atoms. The molecule has 3 aliphatic rings. The van der Waals surface area contributed by atoms with E-state index in [4.69, 9.17) is 14.2 Å². The lowest BCUT2D eigenvalue weighted by atomic mass is 9.64. The molecule has 1 fully saturated rings. The number of nitrogens with one attached hydrogen (secondary N) is 1. The van der Waals surface area contributed by atoms with Crippen molar-refractivity contribution in [3.63, 3.8) is 0 Å². The molecule has 0 aliphatic heterocycles. The number of amides is 2. The van der Waals surface area contributed by atoms with Crippen molar-refractivity contribution in [3.05, 3.63) is 155 Å². The Hall–Kier alpha value is -5.90. The second-order valence-electron chi connectivity index (χ2n) is 16.9. The van der Waals surface area contributed by atoms with E-state index in [2.05, 4.69) is 37.4 Å². The number of rotatable bonds is 11. The van der Waals surface area contributed by atoms with Crippen LogP contribution in [-0.4, -0.2) is 66.5 Å². The molecule has 0 aromatic heterocycles. The molecular weight excluding hydrogens is 765 g/mol. The zero-order valence-corrected chi connectivity index (χ0v) is 35.9. The highest BCUT2D eigenvalue weighted by atomic mass is 16.5. The highest BCUT2D eigenvalue weighted by Gasteiger charge is 2.57. The van der Waals surface area contributed by atoms with E-state index >= 15 is 0 Å². The van der Waals surface area contributed by atoms with E-state index in [1.165, 1.54) is 5.57 Å². The van der Waals surface area contributed by atoms with Crippen molar-refractivity contribution in [2.24, 2.45) is 5.41 Å². The van der Waals surface area contributed by atoms with Crippen LogP contribution in [0.25, 0.3) is 11.1 Å². The van der Waals surface area contributed by atoms with Crippen LogP contribution in [0.2, 0.25) is 0 Å². The molecule has 5 aromatic carbocycles. The first kappa shape index (κ1) is 43.2. The van der Waals surface area contributed by atoms with Crippen LogP contribution in [0, 0.1) is 5.41 Å². The Balaban J connectivity index is 1.28. The summed E-state index contributed by atoms with van der Waals surface area (Å²) in [4.78, 5) is 30.9. The molecule has 5 aromatic rings. The fraction of sp³-hybridized carbons (Fsp3) is 0.346. The monoisotopic (exact) mass is 822 g/mol. The first-order valence-corrected chi connectivity index (χ1v) is 21.2. The molecule has 0 radical (unpaired) electrons. The standard InChI is InChI=1S/C52H58N2O7/c1-35-10-9-28-51(2)47(45-26-14-36(30-42(55)22-13-35)31-46(45)49(56)39-17-15-38(16-18-39)37-11-7-6-8-12-37)27-29-52(51,58)34-54(33-40-19-23-44(60-4)32-48(40)61-5)50(57)53-41-20-24-43(59-3)25-21-41/h6-8,10-12,14-21,23-26,31-32,42,47,55,58H,9,13,22,27-30,33-34H2,1-5H3,(H,53,57)/t42-,47-,51-,52+/m0/s1. The third-order valence-electron chi connectivity index (χ3n) is 13.1. The summed E-state index contributed by atoms with van der Waals surface area (Å²) in [5, 5.41) is 27.5. The van der Waals surface area contributed by atoms with Gasteiger partial charge in [-0.15, -0.1) is 0 Å². The highest BCUT2D eigenvalue weighted by molar-refractivity contribution is 6.10. The number of nitrogens with zero attached hydrogens (tertiary/aromatic N) is 1. The normalized spacial score (nSPS) is 21.4. The first-order chi connectivity index (χ1) is 29.4. The molecule has 9 heteroatoms. The second-order valence-corrected chi connectivity index (χ2v) is 16.9. The van der Waals surface area contributed by atoms with E-state index in [1.54, 1.807) is 56.6 Å². The van der Waals surface area contributed by atoms with Crippen LogP contribution in [0.1, 0.15) is 90.9 Å².